The van der Waals surface area contributed by atoms with Crippen molar-refractivity contribution in [3.05, 3.63) is 90.4 Å². The number of hydrogen-bond acceptors (Lipinski definition) is 3. The van der Waals surface area contributed by atoms with Gasteiger partial charge in [0.1, 0.15) is 11.8 Å². The van der Waals surface area contributed by atoms with E-state index in [1.165, 1.54) is 0 Å². The Kier molecular flexibility index (Phi) is 4.92. The fourth-order valence-electron chi connectivity index (χ4n) is 3.00. The summed E-state index contributed by atoms with van der Waals surface area (Å²) < 4.78 is 1.96. The largest absolute Gasteiger partial charge is 0.352 e. The average Bonchev–Trinajstić information content (AvgIpc) is 3.16. The van der Waals surface area contributed by atoms with Gasteiger partial charge in [-0.3, -0.25) is 9.36 Å². The maximum Gasteiger partial charge on any atom is 0.220 e. The summed E-state index contributed by atoms with van der Waals surface area (Å²) in [5, 5.41) is 2.96. The highest BCUT2D eigenvalue weighted by atomic mass is 16.1. The molecule has 0 unspecified atom stereocenters. The van der Waals surface area contributed by atoms with Crippen LogP contribution in [0.2, 0.25) is 0 Å². The molecule has 5 heteroatoms. The van der Waals surface area contributed by atoms with Gasteiger partial charge in [0, 0.05) is 24.8 Å². The van der Waals surface area contributed by atoms with E-state index in [2.05, 4.69) is 27.4 Å². The second-order valence-corrected chi connectivity index (χ2v) is 6.39. The summed E-state index contributed by atoms with van der Waals surface area (Å²) in [7, 11) is 0. The van der Waals surface area contributed by atoms with Crippen molar-refractivity contribution in [3.8, 4) is 5.69 Å². The van der Waals surface area contributed by atoms with E-state index in [0.717, 1.165) is 28.0 Å². The monoisotopic (exact) mass is 356 g/mol. The van der Waals surface area contributed by atoms with E-state index >= 15 is 0 Å². The number of nitrogens with zero attached hydrogens (tertiary/aromatic N) is 3. The van der Waals surface area contributed by atoms with Crippen LogP contribution in [-0.2, 0) is 17.8 Å². The molecule has 0 aliphatic rings. The molecule has 0 bridgehead atoms. The number of aromatic nitrogens is 3. The first-order valence-corrected chi connectivity index (χ1v) is 8.97. The van der Waals surface area contributed by atoms with Crippen molar-refractivity contribution in [2.45, 2.75) is 19.4 Å². The van der Waals surface area contributed by atoms with Gasteiger partial charge in [0.05, 0.1) is 0 Å². The van der Waals surface area contributed by atoms with E-state index in [9.17, 15) is 4.79 Å². The van der Waals surface area contributed by atoms with Gasteiger partial charge in [-0.15, -0.1) is 0 Å². The van der Waals surface area contributed by atoms with Crippen LogP contribution in [0.3, 0.4) is 0 Å². The van der Waals surface area contributed by atoms with E-state index < -0.39 is 0 Å². The lowest BCUT2D eigenvalue weighted by Crippen LogP contribution is -2.22. The highest BCUT2D eigenvalue weighted by Gasteiger charge is 2.06. The topological polar surface area (TPSA) is 59.8 Å². The van der Waals surface area contributed by atoms with Crippen LogP contribution in [0.15, 0.2) is 79.3 Å². The van der Waals surface area contributed by atoms with Crippen molar-refractivity contribution in [2.24, 2.45) is 0 Å². The predicted molar refractivity (Wildman–Crippen MR) is 105 cm³/mol. The van der Waals surface area contributed by atoms with Gasteiger partial charge < -0.3 is 5.32 Å². The lowest BCUT2D eigenvalue weighted by atomic mass is 10.1. The lowest BCUT2D eigenvalue weighted by molar-refractivity contribution is -0.121. The zero-order chi connectivity index (χ0) is 18.5. The number of aryl methyl sites for hydroxylation is 1. The van der Waals surface area contributed by atoms with Crippen LogP contribution >= 0.6 is 0 Å². The molecular formula is C22H20N4O. The standard InChI is InChI=1S/C22H20N4O/c27-21(24-15-18-5-2-1-3-6-18)13-10-17-8-11-19(12-9-17)26-16-25-20-7-4-14-23-22(20)26/h1-9,11-12,14,16H,10,13,15H2,(H,24,27). The van der Waals surface area contributed by atoms with E-state index in [1.54, 1.807) is 12.5 Å². The highest BCUT2D eigenvalue weighted by Crippen LogP contribution is 2.17. The zero-order valence-electron chi connectivity index (χ0n) is 14.9. The molecule has 0 saturated carbocycles. The van der Waals surface area contributed by atoms with Gasteiger partial charge in [0.25, 0.3) is 0 Å². The summed E-state index contributed by atoms with van der Waals surface area (Å²) >= 11 is 0. The van der Waals surface area contributed by atoms with Crippen molar-refractivity contribution in [3.63, 3.8) is 0 Å². The van der Waals surface area contributed by atoms with Crippen LogP contribution in [0.4, 0.5) is 0 Å². The van der Waals surface area contributed by atoms with E-state index in [-0.39, 0.29) is 5.91 Å². The number of carbonyl (C=O) groups is 1. The molecule has 4 aromatic rings. The molecule has 2 heterocycles. The SMILES string of the molecule is O=C(CCc1ccc(-n2cnc3cccnc32)cc1)NCc1ccccc1. The van der Waals surface area contributed by atoms with Gasteiger partial charge in [-0.25, -0.2) is 9.97 Å². The molecule has 2 aromatic heterocycles. The maximum absolute atomic E-state index is 12.1. The van der Waals surface area contributed by atoms with Crippen LogP contribution in [0.5, 0.6) is 0 Å². The van der Waals surface area contributed by atoms with Crippen molar-refractivity contribution in [1.82, 2.24) is 19.9 Å². The van der Waals surface area contributed by atoms with Gasteiger partial charge in [-0.2, -0.15) is 0 Å². The molecule has 0 radical (unpaired) electrons. The van der Waals surface area contributed by atoms with Gasteiger partial charge in [-0.05, 0) is 41.8 Å². The molecule has 27 heavy (non-hydrogen) atoms. The van der Waals surface area contributed by atoms with Crippen LogP contribution in [-0.4, -0.2) is 20.4 Å². The van der Waals surface area contributed by atoms with Gasteiger partial charge in [-0.1, -0.05) is 42.5 Å². The smallest absolute Gasteiger partial charge is 0.220 e. The Balaban J connectivity index is 1.35. The maximum atomic E-state index is 12.1. The number of hydrogen-bond donors (Lipinski definition) is 1. The number of imidazole rings is 1. The summed E-state index contributed by atoms with van der Waals surface area (Å²) in [6.07, 6.45) is 4.73. The summed E-state index contributed by atoms with van der Waals surface area (Å²) in [6.45, 7) is 0.569. The Morgan fingerprint density at radius 1 is 0.889 bits per heavy atom. The molecule has 0 aliphatic carbocycles. The number of pyridine rings is 1. The molecule has 2 aromatic carbocycles. The first-order chi connectivity index (χ1) is 13.3. The molecule has 5 nitrogen and oxygen atoms in total. The van der Waals surface area contributed by atoms with Crippen LogP contribution in [0, 0.1) is 0 Å². The molecule has 0 fully saturated rings. The lowest BCUT2D eigenvalue weighted by Gasteiger charge is -2.07. The van der Waals surface area contributed by atoms with Crippen LogP contribution in [0.25, 0.3) is 16.9 Å². The molecular weight excluding hydrogens is 336 g/mol. The number of benzene rings is 2. The minimum atomic E-state index is 0.0627. The third kappa shape index (κ3) is 4.03. The van der Waals surface area contributed by atoms with Crippen molar-refractivity contribution >= 4 is 17.1 Å². The first-order valence-electron chi connectivity index (χ1n) is 8.97. The zero-order valence-corrected chi connectivity index (χ0v) is 14.9. The van der Waals surface area contributed by atoms with Crippen molar-refractivity contribution in [1.29, 1.82) is 0 Å². The molecule has 0 spiro atoms. The third-order valence-electron chi connectivity index (χ3n) is 4.49. The summed E-state index contributed by atoms with van der Waals surface area (Å²) in [5.74, 6) is 0.0627. The Hall–Kier alpha value is -3.47. The van der Waals surface area contributed by atoms with E-state index in [1.807, 2.05) is 59.2 Å². The van der Waals surface area contributed by atoms with Gasteiger partial charge >= 0.3 is 0 Å². The molecule has 134 valence electrons. The molecule has 1 amide bonds. The van der Waals surface area contributed by atoms with Crippen molar-refractivity contribution < 1.29 is 4.79 Å². The Morgan fingerprint density at radius 2 is 1.70 bits per heavy atom. The normalized spacial score (nSPS) is 10.8. The van der Waals surface area contributed by atoms with E-state index in [0.29, 0.717) is 19.4 Å². The fraction of sp³-hybridized carbons (Fsp3) is 0.136. The number of fused-ring (bicyclic) bond motifs is 1. The summed E-state index contributed by atoms with van der Waals surface area (Å²) in [4.78, 5) is 20.8. The number of amides is 1. The molecule has 4 rings (SSSR count). The second kappa shape index (κ2) is 7.83. The molecule has 0 saturated heterocycles. The third-order valence-corrected chi connectivity index (χ3v) is 4.49. The Bertz CT molecular complexity index is 1040. The Morgan fingerprint density at radius 3 is 2.52 bits per heavy atom. The minimum Gasteiger partial charge on any atom is -0.352 e. The summed E-state index contributed by atoms with van der Waals surface area (Å²) in [6, 6.07) is 21.9. The molecule has 1 N–H and O–H groups in total. The molecule has 0 atom stereocenters. The first kappa shape index (κ1) is 17.0. The van der Waals surface area contributed by atoms with Crippen molar-refractivity contribution in [2.75, 3.05) is 0 Å². The highest BCUT2D eigenvalue weighted by molar-refractivity contribution is 5.76. The number of nitrogens with one attached hydrogen (secondary N) is 1. The summed E-state index contributed by atoms with van der Waals surface area (Å²) in [5.41, 5.74) is 4.96. The number of carbonyl (C=O) groups excluding carboxylic acids is 1. The van der Waals surface area contributed by atoms with E-state index in [4.69, 9.17) is 0 Å². The second-order valence-electron chi connectivity index (χ2n) is 6.39. The van der Waals surface area contributed by atoms with Gasteiger partial charge in [0.2, 0.25) is 5.91 Å². The minimum absolute atomic E-state index is 0.0627. The van der Waals surface area contributed by atoms with Gasteiger partial charge in [0.15, 0.2) is 5.65 Å². The van der Waals surface area contributed by atoms with Crippen LogP contribution in [0.1, 0.15) is 17.5 Å². The predicted octanol–water partition coefficient (Wildman–Crippen LogP) is 3.67. The Labute approximate surface area is 157 Å². The average molecular weight is 356 g/mol. The quantitative estimate of drug-likeness (QED) is 0.573. The fourth-order valence-corrected chi connectivity index (χ4v) is 3.00. The van der Waals surface area contributed by atoms with Crippen LogP contribution < -0.4 is 5.32 Å². The number of rotatable bonds is 6. The molecule has 0 aliphatic heterocycles.